The van der Waals surface area contributed by atoms with Gasteiger partial charge in [-0.2, -0.15) is 0 Å². The van der Waals surface area contributed by atoms with Crippen molar-refractivity contribution in [3.8, 4) is 0 Å². The van der Waals surface area contributed by atoms with Crippen molar-refractivity contribution >= 4 is 28.3 Å². The fraction of sp³-hybridized carbons (Fsp3) is 0.333. The minimum atomic E-state index is 0.598. The largest absolute Gasteiger partial charge is 0.399 e. The van der Waals surface area contributed by atoms with Gasteiger partial charge in [0.25, 0.3) is 0 Å². The predicted octanol–water partition coefficient (Wildman–Crippen LogP) is 5.81. The van der Waals surface area contributed by atoms with E-state index in [1.807, 2.05) is 12.1 Å². The molecule has 2 heteroatoms. The van der Waals surface area contributed by atoms with Gasteiger partial charge in [-0.05, 0) is 69.8 Å². The van der Waals surface area contributed by atoms with E-state index in [1.165, 1.54) is 14.7 Å². The van der Waals surface area contributed by atoms with Crippen LogP contribution in [0.4, 0.5) is 5.69 Å². The lowest BCUT2D eigenvalue weighted by molar-refractivity contribution is 0.866. The summed E-state index contributed by atoms with van der Waals surface area (Å²) in [6.45, 7) is 8.77. The summed E-state index contributed by atoms with van der Waals surface area (Å²) in [5.41, 5.74) is 9.12. The van der Waals surface area contributed by atoms with Crippen LogP contribution in [0, 0.1) is 3.57 Å². The monoisotopic (exact) mass is 381 g/mol. The number of anilines is 1. The second kappa shape index (κ2) is 8.30. The number of benzene rings is 2. The van der Waals surface area contributed by atoms with Crippen molar-refractivity contribution in [2.45, 2.75) is 39.5 Å². The lowest BCUT2D eigenvalue weighted by Crippen LogP contribution is -1.88. The van der Waals surface area contributed by atoms with Crippen LogP contribution in [0.1, 0.15) is 50.7 Å². The van der Waals surface area contributed by atoms with Gasteiger partial charge >= 0.3 is 0 Å². The number of hydrogen-bond acceptors (Lipinski definition) is 1. The van der Waals surface area contributed by atoms with Crippen LogP contribution in [0.25, 0.3) is 0 Å². The first-order chi connectivity index (χ1) is 9.40. The van der Waals surface area contributed by atoms with Crippen molar-refractivity contribution in [2.75, 3.05) is 5.73 Å². The molecule has 0 aliphatic rings. The van der Waals surface area contributed by atoms with Gasteiger partial charge < -0.3 is 5.73 Å². The molecule has 0 spiro atoms. The van der Waals surface area contributed by atoms with Gasteiger partial charge in [0.05, 0.1) is 0 Å². The molecule has 1 nitrogen and oxygen atoms in total. The third-order valence-corrected chi connectivity index (χ3v) is 3.86. The molecule has 2 N–H and O–H groups in total. The summed E-state index contributed by atoms with van der Waals surface area (Å²) >= 11 is 2.32. The standard InChI is InChI=1S/C9H11I.C9H13N/c2*1-7(2)8-3-5-9(10)6-4-8/h3-7H,1-2H3;3-7H,10H2,1-2H3. The Morgan fingerprint density at radius 3 is 1.40 bits per heavy atom. The highest BCUT2D eigenvalue weighted by molar-refractivity contribution is 14.1. The zero-order valence-corrected chi connectivity index (χ0v) is 14.9. The fourth-order valence-corrected chi connectivity index (χ4v) is 2.09. The lowest BCUT2D eigenvalue weighted by Gasteiger charge is -2.03. The maximum atomic E-state index is 5.53. The van der Waals surface area contributed by atoms with E-state index >= 15 is 0 Å². The highest BCUT2D eigenvalue weighted by atomic mass is 127. The van der Waals surface area contributed by atoms with Crippen molar-refractivity contribution < 1.29 is 0 Å². The lowest BCUT2D eigenvalue weighted by atomic mass is 10.0. The van der Waals surface area contributed by atoms with Crippen LogP contribution in [-0.2, 0) is 0 Å². The Balaban J connectivity index is 0.000000200. The van der Waals surface area contributed by atoms with Crippen molar-refractivity contribution in [1.29, 1.82) is 0 Å². The van der Waals surface area contributed by atoms with Crippen molar-refractivity contribution in [3.05, 3.63) is 63.2 Å². The van der Waals surface area contributed by atoms with E-state index in [4.69, 9.17) is 5.73 Å². The first kappa shape index (κ1) is 17.0. The first-order valence-electron chi connectivity index (χ1n) is 7.01. The van der Waals surface area contributed by atoms with Crippen LogP contribution in [-0.4, -0.2) is 0 Å². The molecule has 0 atom stereocenters. The molecule has 0 saturated heterocycles. The maximum Gasteiger partial charge on any atom is 0.0314 e. The van der Waals surface area contributed by atoms with Crippen LogP contribution >= 0.6 is 22.6 Å². The van der Waals surface area contributed by atoms with Gasteiger partial charge in [-0.15, -0.1) is 0 Å². The van der Waals surface area contributed by atoms with E-state index in [1.54, 1.807) is 0 Å². The molecule has 2 aromatic carbocycles. The minimum absolute atomic E-state index is 0.598. The molecule has 2 rings (SSSR count). The summed E-state index contributed by atoms with van der Waals surface area (Å²) in [4.78, 5) is 0. The van der Waals surface area contributed by atoms with E-state index in [0.29, 0.717) is 11.8 Å². The van der Waals surface area contributed by atoms with Crippen molar-refractivity contribution in [1.82, 2.24) is 0 Å². The molecule has 20 heavy (non-hydrogen) atoms. The topological polar surface area (TPSA) is 26.0 Å². The highest BCUT2D eigenvalue weighted by Crippen LogP contribution is 2.15. The second-order valence-electron chi connectivity index (χ2n) is 5.53. The Labute approximate surface area is 136 Å². The normalized spacial score (nSPS) is 10.3. The molecule has 0 radical (unpaired) electrons. The summed E-state index contributed by atoms with van der Waals surface area (Å²) in [7, 11) is 0. The molecule has 0 aliphatic heterocycles. The molecule has 0 aliphatic carbocycles. The van der Waals surface area contributed by atoms with Crippen LogP contribution in [0.15, 0.2) is 48.5 Å². The molecule has 0 aromatic heterocycles. The molecule has 0 unspecified atom stereocenters. The Morgan fingerprint density at radius 1 is 0.700 bits per heavy atom. The smallest absolute Gasteiger partial charge is 0.0314 e. The molecule has 0 bridgehead atoms. The highest BCUT2D eigenvalue weighted by Gasteiger charge is 1.96. The summed E-state index contributed by atoms with van der Waals surface area (Å²) in [6.07, 6.45) is 0. The second-order valence-corrected chi connectivity index (χ2v) is 6.77. The van der Waals surface area contributed by atoms with Crippen LogP contribution in [0.5, 0.6) is 0 Å². The van der Waals surface area contributed by atoms with Gasteiger partial charge in [-0.25, -0.2) is 0 Å². The number of nitrogens with two attached hydrogens (primary N) is 1. The quantitative estimate of drug-likeness (QED) is 0.516. The number of rotatable bonds is 2. The summed E-state index contributed by atoms with van der Waals surface area (Å²) in [6, 6.07) is 16.7. The minimum Gasteiger partial charge on any atom is -0.399 e. The van der Waals surface area contributed by atoms with Gasteiger partial charge in [0.15, 0.2) is 0 Å². The Kier molecular flexibility index (Phi) is 7.06. The Hall–Kier alpha value is -1.03. The van der Waals surface area contributed by atoms with E-state index in [0.717, 1.165) is 5.69 Å². The zero-order valence-electron chi connectivity index (χ0n) is 12.7. The third-order valence-electron chi connectivity index (χ3n) is 3.14. The van der Waals surface area contributed by atoms with Gasteiger partial charge in [0, 0.05) is 9.26 Å². The fourth-order valence-electron chi connectivity index (χ4n) is 1.73. The molecule has 0 amide bonds. The van der Waals surface area contributed by atoms with Gasteiger partial charge in [0.2, 0.25) is 0 Å². The Morgan fingerprint density at radius 2 is 1.05 bits per heavy atom. The van der Waals surface area contributed by atoms with E-state index < -0.39 is 0 Å². The molecule has 0 saturated carbocycles. The molecule has 108 valence electrons. The molecule has 2 aromatic rings. The Bertz CT molecular complexity index is 448. The first-order valence-corrected chi connectivity index (χ1v) is 8.09. The summed E-state index contributed by atoms with van der Waals surface area (Å²) < 4.78 is 1.31. The van der Waals surface area contributed by atoms with Crippen LogP contribution in [0.3, 0.4) is 0 Å². The average molecular weight is 381 g/mol. The van der Waals surface area contributed by atoms with Crippen molar-refractivity contribution in [2.24, 2.45) is 0 Å². The molecular formula is C18H24IN. The van der Waals surface area contributed by atoms with Gasteiger partial charge in [0.1, 0.15) is 0 Å². The van der Waals surface area contributed by atoms with E-state index in [9.17, 15) is 0 Å². The number of halogens is 1. The summed E-state index contributed by atoms with van der Waals surface area (Å²) in [5.74, 6) is 1.25. The maximum absolute atomic E-state index is 5.53. The molecule has 0 heterocycles. The third kappa shape index (κ3) is 5.95. The molecule has 0 fully saturated rings. The number of hydrogen-bond donors (Lipinski definition) is 1. The van der Waals surface area contributed by atoms with Crippen LogP contribution < -0.4 is 5.73 Å². The predicted molar refractivity (Wildman–Crippen MR) is 98.2 cm³/mol. The number of nitrogen functional groups attached to an aromatic ring is 1. The van der Waals surface area contributed by atoms with Gasteiger partial charge in [-0.3, -0.25) is 0 Å². The van der Waals surface area contributed by atoms with E-state index in [-0.39, 0.29) is 0 Å². The van der Waals surface area contributed by atoms with Crippen molar-refractivity contribution in [3.63, 3.8) is 0 Å². The zero-order chi connectivity index (χ0) is 15.1. The average Bonchev–Trinajstić information content (AvgIpc) is 2.40. The van der Waals surface area contributed by atoms with Gasteiger partial charge in [-0.1, -0.05) is 52.0 Å². The SMILES string of the molecule is CC(C)c1ccc(I)cc1.CC(C)c1ccc(N)cc1. The van der Waals surface area contributed by atoms with E-state index in [2.05, 4.69) is 86.7 Å². The van der Waals surface area contributed by atoms with Crippen LogP contribution in [0.2, 0.25) is 0 Å². The molecular weight excluding hydrogens is 357 g/mol. The summed E-state index contributed by atoms with van der Waals surface area (Å²) in [5, 5.41) is 0.